The Labute approximate surface area is 151 Å². The summed E-state index contributed by atoms with van der Waals surface area (Å²) in [4.78, 5) is 0. The third-order valence-electron chi connectivity index (χ3n) is 3.64. The maximum absolute atomic E-state index is 9.31. The smallest absolute Gasteiger partial charge is 0.346 e. The number of nitrogens with one attached hydrogen (secondary N) is 1. The van der Waals surface area contributed by atoms with E-state index in [1.807, 2.05) is 48.5 Å². The van der Waals surface area contributed by atoms with Crippen molar-refractivity contribution in [1.29, 1.82) is 0 Å². The summed E-state index contributed by atoms with van der Waals surface area (Å²) in [6.45, 7) is 2.87. The van der Waals surface area contributed by atoms with Gasteiger partial charge in [0.2, 0.25) is 0 Å². The summed E-state index contributed by atoms with van der Waals surface area (Å²) in [6, 6.07) is 15.3. The molecule has 0 saturated heterocycles. The van der Waals surface area contributed by atoms with Gasteiger partial charge in [-0.1, -0.05) is 29.4 Å². The highest BCUT2D eigenvalue weighted by molar-refractivity contribution is 5.44. The summed E-state index contributed by atoms with van der Waals surface area (Å²) >= 11 is 0. The van der Waals surface area contributed by atoms with Gasteiger partial charge in [-0.15, -0.1) is 0 Å². The molecular formula is C18H21N5O3. The Bertz CT molecular complexity index is 836. The van der Waals surface area contributed by atoms with E-state index in [9.17, 15) is 5.11 Å². The molecule has 3 rings (SSSR count). The van der Waals surface area contributed by atoms with Gasteiger partial charge in [0.1, 0.15) is 0 Å². The Morgan fingerprint density at radius 1 is 1.15 bits per heavy atom. The zero-order chi connectivity index (χ0) is 18.4. The fraction of sp³-hybridized carbons (Fsp3) is 0.278. The van der Waals surface area contributed by atoms with Crippen LogP contribution in [0.25, 0.3) is 5.69 Å². The number of ether oxygens (including phenoxy) is 2. The number of para-hydroxylation sites is 1. The van der Waals surface area contributed by atoms with Crippen molar-refractivity contribution < 1.29 is 14.6 Å². The molecule has 0 amide bonds. The van der Waals surface area contributed by atoms with Crippen molar-refractivity contribution >= 4 is 0 Å². The molecule has 1 atom stereocenters. The SMILES string of the molecule is COc1cc(CNCC(C)O)ccc1Oc1nnnn1-c1ccccc1. The van der Waals surface area contributed by atoms with E-state index in [1.165, 1.54) is 4.68 Å². The molecule has 2 N–H and O–H groups in total. The quantitative estimate of drug-likeness (QED) is 0.637. The zero-order valence-corrected chi connectivity index (χ0v) is 14.7. The number of benzene rings is 2. The number of aromatic nitrogens is 4. The van der Waals surface area contributed by atoms with Gasteiger partial charge in [-0.05, 0) is 47.2 Å². The standard InChI is InChI=1S/C18H21N5O3/c1-13(24)11-19-12-14-8-9-16(17(10-14)25-2)26-18-20-21-22-23(18)15-6-4-3-5-7-15/h3-10,13,19,24H,11-12H2,1-2H3. The van der Waals surface area contributed by atoms with E-state index in [4.69, 9.17) is 9.47 Å². The normalized spacial score (nSPS) is 12.0. The lowest BCUT2D eigenvalue weighted by atomic mass is 10.2. The molecule has 8 nitrogen and oxygen atoms in total. The number of nitrogens with zero attached hydrogens (tertiary/aromatic N) is 4. The molecule has 0 bridgehead atoms. The number of hydrogen-bond donors (Lipinski definition) is 2. The second-order valence-electron chi connectivity index (χ2n) is 5.78. The first-order valence-corrected chi connectivity index (χ1v) is 8.24. The van der Waals surface area contributed by atoms with Gasteiger partial charge in [0.15, 0.2) is 11.5 Å². The zero-order valence-electron chi connectivity index (χ0n) is 14.7. The highest BCUT2D eigenvalue weighted by Gasteiger charge is 2.14. The van der Waals surface area contributed by atoms with Crippen LogP contribution in [0.1, 0.15) is 12.5 Å². The first kappa shape index (κ1) is 17.8. The van der Waals surface area contributed by atoms with Crippen LogP contribution in [0.4, 0.5) is 0 Å². The van der Waals surface area contributed by atoms with Crippen molar-refractivity contribution in [3.05, 3.63) is 54.1 Å². The predicted molar refractivity (Wildman–Crippen MR) is 95.6 cm³/mol. The van der Waals surface area contributed by atoms with Crippen LogP contribution in [0.2, 0.25) is 0 Å². The number of tetrazole rings is 1. The molecular weight excluding hydrogens is 334 g/mol. The molecule has 0 fully saturated rings. The van der Waals surface area contributed by atoms with Crippen LogP contribution < -0.4 is 14.8 Å². The van der Waals surface area contributed by atoms with E-state index in [0.717, 1.165) is 11.3 Å². The summed E-state index contributed by atoms with van der Waals surface area (Å²) in [7, 11) is 1.58. The van der Waals surface area contributed by atoms with Gasteiger partial charge in [-0.25, -0.2) is 0 Å². The molecule has 26 heavy (non-hydrogen) atoms. The maximum Gasteiger partial charge on any atom is 0.346 e. The largest absolute Gasteiger partial charge is 0.493 e. The fourth-order valence-corrected chi connectivity index (χ4v) is 2.40. The van der Waals surface area contributed by atoms with E-state index in [-0.39, 0.29) is 6.01 Å². The molecule has 0 aliphatic rings. The van der Waals surface area contributed by atoms with Gasteiger partial charge in [-0.2, -0.15) is 4.68 Å². The first-order chi connectivity index (χ1) is 12.7. The average molecular weight is 355 g/mol. The van der Waals surface area contributed by atoms with Crippen LogP contribution >= 0.6 is 0 Å². The summed E-state index contributed by atoms with van der Waals surface area (Å²) in [5.41, 5.74) is 1.81. The highest BCUT2D eigenvalue weighted by atomic mass is 16.5. The monoisotopic (exact) mass is 355 g/mol. The molecule has 3 aromatic rings. The second-order valence-corrected chi connectivity index (χ2v) is 5.78. The van der Waals surface area contributed by atoms with Crippen LogP contribution in [0, 0.1) is 0 Å². The summed E-state index contributed by atoms with van der Waals surface area (Å²) in [5, 5.41) is 24.1. The third-order valence-corrected chi connectivity index (χ3v) is 3.64. The lowest BCUT2D eigenvalue weighted by molar-refractivity contribution is 0.191. The van der Waals surface area contributed by atoms with Crippen LogP contribution in [0.3, 0.4) is 0 Å². The third kappa shape index (κ3) is 4.35. The van der Waals surface area contributed by atoms with E-state index in [2.05, 4.69) is 20.8 Å². The van der Waals surface area contributed by atoms with Gasteiger partial charge in [0.05, 0.1) is 18.9 Å². The number of hydrogen-bond acceptors (Lipinski definition) is 7. The van der Waals surface area contributed by atoms with Crippen LogP contribution in [-0.2, 0) is 6.54 Å². The molecule has 136 valence electrons. The number of aliphatic hydroxyl groups is 1. The predicted octanol–water partition coefficient (Wildman–Crippen LogP) is 1.93. The Morgan fingerprint density at radius 2 is 1.96 bits per heavy atom. The average Bonchev–Trinajstić information content (AvgIpc) is 3.11. The van der Waals surface area contributed by atoms with Crippen LogP contribution in [-0.4, -0.2) is 45.1 Å². The molecule has 1 aromatic heterocycles. The molecule has 0 spiro atoms. The summed E-state index contributed by atoms with van der Waals surface area (Å²) < 4.78 is 12.8. The Kier molecular flexibility index (Phi) is 5.77. The van der Waals surface area contributed by atoms with Crippen LogP contribution in [0.15, 0.2) is 48.5 Å². The summed E-state index contributed by atoms with van der Waals surface area (Å²) in [6.07, 6.45) is -0.392. The Hall–Kier alpha value is -2.97. The van der Waals surface area contributed by atoms with Gasteiger partial charge in [0, 0.05) is 13.1 Å². The second kappa shape index (κ2) is 8.41. The van der Waals surface area contributed by atoms with Crippen molar-refractivity contribution in [1.82, 2.24) is 25.5 Å². The van der Waals surface area contributed by atoms with E-state index in [1.54, 1.807) is 14.0 Å². The molecule has 0 radical (unpaired) electrons. The fourth-order valence-electron chi connectivity index (χ4n) is 2.40. The Balaban J connectivity index is 1.77. The first-order valence-electron chi connectivity index (χ1n) is 8.24. The van der Waals surface area contributed by atoms with Crippen LogP contribution in [0.5, 0.6) is 17.5 Å². The van der Waals surface area contributed by atoms with Crippen molar-refractivity contribution in [2.24, 2.45) is 0 Å². The topological polar surface area (TPSA) is 94.3 Å². The number of methoxy groups -OCH3 is 1. The number of rotatable bonds is 8. The van der Waals surface area contributed by atoms with Gasteiger partial charge in [0.25, 0.3) is 0 Å². The molecule has 0 saturated carbocycles. The van der Waals surface area contributed by atoms with Crippen molar-refractivity contribution in [2.75, 3.05) is 13.7 Å². The van der Waals surface area contributed by atoms with Gasteiger partial charge < -0.3 is 19.9 Å². The molecule has 1 unspecified atom stereocenters. The molecule has 2 aromatic carbocycles. The van der Waals surface area contributed by atoms with Gasteiger partial charge in [-0.3, -0.25) is 0 Å². The van der Waals surface area contributed by atoms with E-state index < -0.39 is 6.10 Å². The van der Waals surface area contributed by atoms with E-state index in [0.29, 0.717) is 24.6 Å². The van der Waals surface area contributed by atoms with Crippen molar-refractivity contribution in [3.8, 4) is 23.2 Å². The molecule has 1 heterocycles. The van der Waals surface area contributed by atoms with E-state index >= 15 is 0 Å². The van der Waals surface area contributed by atoms with Crippen molar-refractivity contribution in [3.63, 3.8) is 0 Å². The highest BCUT2D eigenvalue weighted by Crippen LogP contribution is 2.32. The Morgan fingerprint density at radius 3 is 2.69 bits per heavy atom. The number of aliphatic hydroxyl groups excluding tert-OH is 1. The molecule has 0 aliphatic carbocycles. The molecule has 0 aliphatic heterocycles. The molecule has 8 heteroatoms. The van der Waals surface area contributed by atoms with Crippen molar-refractivity contribution in [2.45, 2.75) is 19.6 Å². The lowest BCUT2D eigenvalue weighted by Gasteiger charge is -2.12. The van der Waals surface area contributed by atoms with Gasteiger partial charge >= 0.3 is 6.01 Å². The minimum Gasteiger partial charge on any atom is -0.493 e. The summed E-state index contributed by atoms with van der Waals surface area (Å²) in [5.74, 6) is 1.09. The minimum absolute atomic E-state index is 0.245. The minimum atomic E-state index is -0.392. The maximum atomic E-state index is 9.31. The lowest BCUT2D eigenvalue weighted by Crippen LogP contribution is -2.23.